The maximum Gasteiger partial charge on any atom is 0.219 e. The normalized spacial score (nSPS) is 9.92. The Kier molecular flexibility index (Phi) is 2.47. The monoisotopic (exact) mass is 167 g/mol. The molecule has 0 radical (unpaired) electrons. The first-order valence-electron chi connectivity index (χ1n) is 3.79. The second-order valence-electron chi connectivity index (χ2n) is 2.90. The number of hydrogen-bond donors (Lipinski definition) is 0. The summed E-state index contributed by atoms with van der Waals surface area (Å²) < 4.78 is 1.73. The number of nitrogens with zero attached hydrogens (tertiary/aromatic N) is 3. The minimum atomic E-state index is 0.0684. The van der Waals surface area contributed by atoms with Crippen LogP contribution in [0.4, 0.5) is 0 Å². The van der Waals surface area contributed by atoms with Crippen molar-refractivity contribution in [3.05, 3.63) is 18.0 Å². The van der Waals surface area contributed by atoms with E-state index >= 15 is 0 Å². The third-order valence-electron chi connectivity index (χ3n) is 1.72. The van der Waals surface area contributed by atoms with Crippen LogP contribution >= 0.6 is 0 Å². The molecule has 4 heteroatoms. The van der Waals surface area contributed by atoms with Gasteiger partial charge in [-0.3, -0.25) is 9.48 Å². The van der Waals surface area contributed by atoms with Crippen LogP contribution in [0, 0.1) is 0 Å². The Bertz CT molecular complexity index is 280. The average molecular weight is 167 g/mol. The summed E-state index contributed by atoms with van der Waals surface area (Å²) in [4.78, 5) is 12.5. The maximum absolute atomic E-state index is 10.9. The molecule has 0 fully saturated rings. The van der Waals surface area contributed by atoms with Crippen molar-refractivity contribution >= 4 is 5.91 Å². The van der Waals surface area contributed by atoms with Crippen LogP contribution in [0.25, 0.3) is 0 Å². The first-order chi connectivity index (χ1) is 5.59. The minimum absolute atomic E-state index is 0.0684. The quantitative estimate of drug-likeness (QED) is 0.639. The number of hydrogen-bond acceptors (Lipinski definition) is 2. The highest BCUT2D eigenvalue weighted by atomic mass is 16.2. The minimum Gasteiger partial charge on any atom is -0.342 e. The molecule has 0 bridgehead atoms. The molecule has 0 unspecified atom stereocenters. The zero-order chi connectivity index (χ0) is 9.14. The van der Waals surface area contributed by atoms with E-state index in [4.69, 9.17) is 0 Å². The Morgan fingerprint density at radius 1 is 1.75 bits per heavy atom. The van der Waals surface area contributed by atoms with Gasteiger partial charge < -0.3 is 4.90 Å². The molecule has 1 aromatic heterocycles. The van der Waals surface area contributed by atoms with Crippen molar-refractivity contribution in [2.24, 2.45) is 7.05 Å². The highest BCUT2D eigenvalue weighted by molar-refractivity contribution is 5.72. The van der Waals surface area contributed by atoms with Gasteiger partial charge in [0.25, 0.3) is 0 Å². The molecule has 0 aliphatic heterocycles. The smallest absolute Gasteiger partial charge is 0.219 e. The largest absolute Gasteiger partial charge is 0.342 e. The number of rotatable bonds is 2. The van der Waals surface area contributed by atoms with Crippen molar-refractivity contribution in [2.45, 2.75) is 13.5 Å². The second-order valence-corrected chi connectivity index (χ2v) is 2.90. The van der Waals surface area contributed by atoms with Crippen LogP contribution < -0.4 is 0 Å². The average Bonchev–Trinajstić information content (AvgIpc) is 2.35. The fourth-order valence-corrected chi connectivity index (χ4v) is 0.939. The standard InChI is InChI=1S/C8H13N3O/c1-7(12)10(2)5-8-4-9-11(3)6-8/h4,6H,5H2,1-3H3. The third kappa shape index (κ3) is 2.08. The Morgan fingerprint density at radius 2 is 2.42 bits per heavy atom. The van der Waals surface area contributed by atoms with E-state index in [1.165, 1.54) is 0 Å². The fourth-order valence-electron chi connectivity index (χ4n) is 0.939. The molecule has 1 amide bonds. The number of aromatic nitrogens is 2. The first kappa shape index (κ1) is 8.77. The van der Waals surface area contributed by atoms with Crippen molar-refractivity contribution in [2.75, 3.05) is 7.05 Å². The molecular formula is C8H13N3O. The topological polar surface area (TPSA) is 38.1 Å². The van der Waals surface area contributed by atoms with Crippen LogP contribution in [-0.2, 0) is 18.4 Å². The summed E-state index contributed by atoms with van der Waals surface area (Å²) in [5.74, 6) is 0.0684. The second kappa shape index (κ2) is 3.38. The van der Waals surface area contributed by atoms with Gasteiger partial charge >= 0.3 is 0 Å². The highest BCUT2D eigenvalue weighted by Crippen LogP contribution is 2.00. The summed E-state index contributed by atoms with van der Waals surface area (Å²) >= 11 is 0. The van der Waals surface area contributed by atoms with E-state index in [2.05, 4.69) is 5.10 Å². The van der Waals surface area contributed by atoms with Gasteiger partial charge in [0.05, 0.1) is 6.20 Å². The van der Waals surface area contributed by atoms with E-state index in [9.17, 15) is 4.79 Å². The first-order valence-corrected chi connectivity index (χ1v) is 3.79. The zero-order valence-electron chi connectivity index (χ0n) is 7.61. The molecule has 0 aromatic carbocycles. The van der Waals surface area contributed by atoms with Crippen molar-refractivity contribution in [3.63, 3.8) is 0 Å². The van der Waals surface area contributed by atoms with E-state index in [1.54, 1.807) is 29.7 Å². The van der Waals surface area contributed by atoms with Gasteiger partial charge in [-0.15, -0.1) is 0 Å². The maximum atomic E-state index is 10.9. The SMILES string of the molecule is CC(=O)N(C)Cc1cnn(C)c1. The van der Waals surface area contributed by atoms with Crippen LogP contribution in [0.2, 0.25) is 0 Å². The van der Waals surface area contributed by atoms with Crippen LogP contribution in [0.5, 0.6) is 0 Å². The fraction of sp³-hybridized carbons (Fsp3) is 0.500. The molecule has 0 aliphatic rings. The molecule has 12 heavy (non-hydrogen) atoms. The zero-order valence-corrected chi connectivity index (χ0v) is 7.61. The van der Waals surface area contributed by atoms with Gasteiger partial charge in [0.1, 0.15) is 0 Å². The van der Waals surface area contributed by atoms with Gasteiger partial charge in [-0.25, -0.2) is 0 Å². The number of amides is 1. The molecule has 1 heterocycles. The van der Waals surface area contributed by atoms with Crippen molar-refractivity contribution in [3.8, 4) is 0 Å². The van der Waals surface area contributed by atoms with E-state index < -0.39 is 0 Å². The molecule has 1 rings (SSSR count). The summed E-state index contributed by atoms with van der Waals surface area (Å²) in [6.07, 6.45) is 3.67. The predicted octanol–water partition coefficient (Wildman–Crippen LogP) is 0.398. The number of carbonyl (C=O) groups excluding carboxylic acids is 1. The van der Waals surface area contributed by atoms with Crippen molar-refractivity contribution in [1.82, 2.24) is 14.7 Å². The lowest BCUT2D eigenvalue weighted by Crippen LogP contribution is -2.22. The molecule has 0 atom stereocenters. The predicted molar refractivity (Wildman–Crippen MR) is 45.4 cm³/mol. The molecule has 0 saturated heterocycles. The summed E-state index contributed by atoms with van der Waals surface area (Å²) in [5.41, 5.74) is 1.05. The van der Waals surface area contributed by atoms with Crippen LogP contribution in [0.15, 0.2) is 12.4 Å². The summed E-state index contributed by atoms with van der Waals surface area (Å²) in [6.45, 7) is 2.18. The summed E-state index contributed by atoms with van der Waals surface area (Å²) in [5, 5.41) is 4.01. The lowest BCUT2D eigenvalue weighted by molar-refractivity contribution is -0.128. The highest BCUT2D eigenvalue weighted by Gasteiger charge is 2.03. The number of aryl methyl sites for hydroxylation is 1. The summed E-state index contributed by atoms with van der Waals surface area (Å²) in [6, 6.07) is 0. The van der Waals surface area contributed by atoms with Crippen LogP contribution in [-0.4, -0.2) is 27.6 Å². The van der Waals surface area contributed by atoms with E-state index in [0.29, 0.717) is 6.54 Å². The van der Waals surface area contributed by atoms with Crippen LogP contribution in [0.3, 0.4) is 0 Å². The van der Waals surface area contributed by atoms with Gasteiger partial charge in [-0.1, -0.05) is 0 Å². The van der Waals surface area contributed by atoms with Gasteiger partial charge in [-0.2, -0.15) is 5.10 Å². The van der Waals surface area contributed by atoms with Gasteiger partial charge in [0.15, 0.2) is 0 Å². The van der Waals surface area contributed by atoms with Gasteiger partial charge in [-0.05, 0) is 0 Å². The Morgan fingerprint density at radius 3 is 2.83 bits per heavy atom. The molecule has 66 valence electrons. The molecule has 0 aliphatic carbocycles. The van der Waals surface area contributed by atoms with Gasteiger partial charge in [0.2, 0.25) is 5.91 Å². The summed E-state index contributed by atoms with van der Waals surface area (Å²) in [7, 11) is 3.63. The van der Waals surface area contributed by atoms with Gasteiger partial charge in [0, 0.05) is 39.3 Å². The van der Waals surface area contributed by atoms with Crippen molar-refractivity contribution in [1.29, 1.82) is 0 Å². The van der Waals surface area contributed by atoms with Crippen LogP contribution in [0.1, 0.15) is 12.5 Å². The van der Waals surface area contributed by atoms with E-state index in [0.717, 1.165) is 5.56 Å². The Hall–Kier alpha value is -1.32. The third-order valence-corrected chi connectivity index (χ3v) is 1.72. The molecule has 0 saturated carbocycles. The van der Waals surface area contributed by atoms with E-state index in [1.807, 2.05) is 13.2 Å². The van der Waals surface area contributed by atoms with Crippen molar-refractivity contribution < 1.29 is 4.79 Å². The Labute approximate surface area is 71.8 Å². The molecule has 4 nitrogen and oxygen atoms in total. The molecule has 0 spiro atoms. The lowest BCUT2D eigenvalue weighted by atomic mass is 10.3. The van der Waals surface area contributed by atoms with E-state index in [-0.39, 0.29) is 5.91 Å². The molecule has 0 N–H and O–H groups in total. The molecular weight excluding hydrogens is 154 g/mol. The lowest BCUT2D eigenvalue weighted by Gasteiger charge is -2.12. The number of carbonyl (C=O) groups is 1. The molecule has 1 aromatic rings. The Balaban J connectivity index is 2.58.